The van der Waals surface area contributed by atoms with Crippen molar-refractivity contribution < 1.29 is 19.4 Å². The third kappa shape index (κ3) is 3.90. The minimum Gasteiger partial charge on any atom is -0.481 e. The van der Waals surface area contributed by atoms with Crippen molar-refractivity contribution in [3.8, 4) is 5.88 Å². The van der Waals surface area contributed by atoms with Gasteiger partial charge in [-0.3, -0.25) is 9.59 Å². The molecule has 0 aliphatic heterocycles. The second kappa shape index (κ2) is 7.59. The number of ether oxygens (including phenoxy) is 1. The highest BCUT2D eigenvalue weighted by molar-refractivity contribution is 5.97. The number of methoxy groups -OCH3 is 1. The molecule has 1 heterocycles. The summed E-state index contributed by atoms with van der Waals surface area (Å²) < 4.78 is 5.15. The minimum atomic E-state index is -0.988. The first kappa shape index (κ1) is 17.5. The van der Waals surface area contributed by atoms with E-state index in [1.54, 1.807) is 50.2 Å². The molecule has 0 radical (unpaired) electrons. The van der Waals surface area contributed by atoms with Gasteiger partial charge in [-0.15, -0.1) is 0 Å². The third-order valence-corrected chi connectivity index (χ3v) is 3.77. The van der Waals surface area contributed by atoms with Crippen molar-refractivity contribution in [2.75, 3.05) is 7.11 Å². The zero-order chi connectivity index (χ0) is 17.7. The van der Waals surface area contributed by atoms with Gasteiger partial charge in [0.25, 0.3) is 5.91 Å². The summed E-state index contributed by atoms with van der Waals surface area (Å²) in [4.78, 5) is 28.2. The number of carboxylic acid groups (broad SMARTS) is 1. The first-order valence-corrected chi connectivity index (χ1v) is 7.54. The smallest absolute Gasteiger partial charge is 0.308 e. The van der Waals surface area contributed by atoms with Crippen LogP contribution in [0.5, 0.6) is 5.88 Å². The van der Waals surface area contributed by atoms with Gasteiger partial charge in [0.05, 0.1) is 19.1 Å². The Balaban J connectivity index is 2.33. The van der Waals surface area contributed by atoms with Crippen molar-refractivity contribution in [3.63, 3.8) is 0 Å². The van der Waals surface area contributed by atoms with Crippen LogP contribution in [0.4, 0.5) is 0 Å². The highest BCUT2D eigenvalue weighted by Crippen LogP contribution is 2.24. The van der Waals surface area contributed by atoms with Crippen LogP contribution in [0.2, 0.25) is 0 Å². The summed E-state index contributed by atoms with van der Waals surface area (Å²) in [6.07, 6.45) is 0. The number of aromatic nitrogens is 1. The molecule has 2 aromatic rings. The number of nitrogens with zero attached hydrogens (tertiary/aromatic N) is 1. The lowest BCUT2D eigenvalue weighted by Gasteiger charge is -2.23. The van der Waals surface area contributed by atoms with Gasteiger partial charge in [-0.05, 0) is 31.5 Å². The maximum absolute atomic E-state index is 12.6. The van der Waals surface area contributed by atoms with Gasteiger partial charge in [0.15, 0.2) is 0 Å². The Labute approximate surface area is 140 Å². The van der Waals surface area contributed by atoms with Gasteiger partial charge in [0.1, 0.15) is 5.56 Å². The Kier molecular flexibility index (Phi) is 5.52. The first-order chi connectivity index (χ1) is 11.4. The topological polar surface area (TPSA) is 88.5 Å². The number of carbonyl (C=O) groups is 2. The largest absolute Gasteiger partial charge is 0.481 e. The van der Waals surface area contributed by atoms with Crippen LogP contribution in [0.25, 0.3) is 0 Å². The van der Waals surface area contributed by atoms with E-state index in [1.807, 2.05) is 6.07 Å². The molecule has 24 heavy (non-hydrogen) atoms. The summed E-state index contributed by atoms with van der Waals surface area (Å²) in [6, 6.07) is 11.7. The van der Waals surface area contributed by atoms with E-state index >= 15 is 0 Å². The van der Waals surface area contributed by atoms with Gasteiger partial charge in [-0.2, -0.15) is 0 Å². The van der Waals surface area contributed by atoms with E-state index in [-0.39, 0.29) is 11.4 Å². The molecule has 0 aliphatic carbocycles. The average Bonchev–Trinajstić information content (AvgIpc) is 2.59. The lowest BCUT2D eigenvalue weighted by Crippen LogP contribution is -2.35. The molecule has 2 atom stereocenters. The Bertz CT molecular complexity index is 731. The van der Waals surface area contributed by atoms with E-state index in [9.17, 15) is 14.7 Å². The molecule has 1 aromatic heterocycles. The molecule has 0 saturated carbocycles. The molecular weight excluding hydrogens is 308 g/mol. The molecule has 0 bridgehead atoms. The second-order valence-corrected chi connectivity index (χ2v) is 5.50. The fourth-order valence-electron chi connectivity index (χ4n) is 2.38. The summed E-state index contributed by atoms with van der Waals surface area (Å²) in [5.74, 6) is -2.00. The van der Waals surface area contributed by atoms with Crippen molar-refractivity contribution in [2.24, 2.45) is 5.92 Å². The van der Waals surface area contributed by atoms with Gasteiger partial charge in [0, 0.05) is 5.69 Å². The molecule has 1 amide bonds. The van der Waals surface area contributed by atoms with Crippen LogP contribution in [0, 0.1) is 12.8 Å². The number of aryl methyl sites for hydroxylation is 1. The SMILES string of the molecule is COc1nc(C)ccc1C(=O)NC(c1ccccc1)C(C)C(=O)O. The monoisotopic (exact) mass is 328 g/mol. The molecule has 2 unspecified atom stereocenters. The average molecular weight is 328 g/mol. The van der Waals surface area contributed by atoms with Crippen LogP contribution in [0.1, 0.15) is 34.6 Å². The molecule has 0 fully saturated rings. The van der Waals surface area contributed by atoms with Crippen molar-refractivity contribution in [3.05, 3.63) is 59.3 Å². The van der Waals surface area contributed by atoms with Gasteiger partial charge in [-0.25, -0.2) is 4.98 Å². The summed E-state index contributed by atoms with van der Waals surface area (Å²) in [6.45, 7) is 3.36. The van der Waals surface area contributed by atoms with Crippen LogP contribution < -0.4 is 10.1 Å². The quantitative estimate of drug-likeness (QED) is 0.851. The molecule has 0 saturated heterocycles. The van der Waals surface area contributed by atoms with Gasteiger partial charge >= 0.3 is 5.97 Å². The minimum absolute atomic E-state index is 0.210. The Morgan fingerprint density at radius 1 is 1.17 bits per heavy atom. The number of benzene rings is 1. The number of carbonyl (C=O) groups excluding carboxylic acids is 1. The third-order valence-electron chi connectivity index (χ3n) is 3.77. The van der Waals surface area contributed by atoms with Crippen molar-refractivity contribution in [2.45, 2.75) is 19.9 Å². The van der Waals surface area contributed by atoms with E-state index in [0.717, 1.165) is 11.3 Å². The van der Waals surface area contributed by atoms with Crippen molar-refractivity contribution >= 4 is 11.9 Å². The van der Waals surface area contributed by atoms with Crippen molar-refractivity contribution in [1.29, 1.82) is 0 Å². The molecule has 0 aliphatic rings. The van der Waals surface area contributed by atoms with Gasteiger partial charge in [0.2, 0.25) is 5.88 Å². The number of pyridine rings is 1. The molecule has 126 valence electrons. The Hall–Kier alpha value is -2.89. The number of carboxylic acids is 1. The summed E-state index contributed by atoms with van der Waals surface area (Å²) in [7, 11) is 1.44. The van der Waals surface area contributed by atoms with Gasteiger partial charge < -0.3 is 15.2 Å². The fraction of sp³-hybridized carbons (Fsp3) is 0.278. The van der Waals surface area contributed by atoms with Gasteiger partial charge in [-0.1, -0.05) is 30.3 Å². The predicted octanol–water partition coefficient (Wildman–Crippen LogP) is 2.59. The van der Waals surface area contributed by atoms with Crippen LogP contribution in [0.15, 0.2) is 42.5 Å². The normalized spacial score (nSPS) is 13.0. The lowest BCUT2D eigenvalue weighted by atomic mass is 9.94. The number of aliphatic carboxylic acids is 1. The van der Waals surface area contributed by atoms with Crippen LogP contribution in [-0.4, -0.2) is 29.1 Å². The van der Waals surface area contributed by atoms with E-state index in [2.05, 4.69) is 10.3 Å². The number of hydrogen-bond acceptors (Lipinski definition) is 4. The number of rotatable bonds is 6. The van der Waals surface area contributed by atoms with E-state index in [1.165, 1.54) is 7.11 Å². The summed E-state index contributed by atoms with van der Waals surface area (Å²) in [5.41, 5.74) is 1.71. The predicted molar refractivity (Wildman–Crippen MR) is 89.0 cm³/mol. The van der Waals surface area contributed by atoms with Crippen LogP contribution in [-0.2, 0) is 4.79 Å². The fourth-order valence-corrected chi connectivity index (χ4v) is 2.38. The lowest BCUT2D eigenvalue weighted by molar-refractivity contribution is -0.142. The Morgan fingerprint density at radius 2 is 1.83 bits per heavy atom. The molecule has 2 rings (SSSR count). The molecule has 6 heteroatoms. The van der Waals surface area contributed by atoms with Crippen molar-refractivity contribution in [1.82, 2.24) is 10.3 Å². The van der Waals surface area contributed by atoms with Crippen LogP contribution in [0.3, 0.4) is 0 Å². The zero-order valence-corrected chi connectivity index (χ0v) is 13.8. The molecule has 6 nitrogen and oxygen atoms in total. The Morgan fingerprint density at radius 3 is 2.42 bits per heavy atom. The zero-order valence-electron chi connectivity index (χ0n) is 13.8. The molecule has 1 aromatic carbocycles. The molecule has 0 spiro atoms. The number of hydrogen-bond donors (Lipinski definition) is 2. The van der Waals surface area contributed by atoms with E-state index in [4.69, 9.17) is 4.74 Å². The molecular formula is C18H20N2O4. The highest BCUT2D eigenvalue weighted by atomic mass is 16.5. The first-order valence-electron chi connectivity index (χ1n) is 7.54. The number of amides is 1. The summed E-state index contributed by atoms with van der Waals surface area (Å²) in [5, 5.41) is 12.1. The van der Waals surface area contributed by atoms with Crippen LogP contribution >= 0.6 is 0 Å². The number of nitrogens with one attached hydrogen (secondary N) is 1. The maximum atomic E-state index is 12.6. The van der Waals surface area contributed by atoms with E-state index < -0.39 is 23.8 Å². The highest BCUT2D eigenvalue weighted by Gasteiger charge is 2.28. The standard InChI is InChI=1S/C18H20N2O4/c1-11-9-10-14(17(19-11)24-3)16(21)20-15(12(2)18(22)23)13-7-5-4-6-8-13/h4-10,12,15H,1-3H3,(H,20,21)(H,22,23). The summed E-state index contributed by atoms with van der Waals surface area (Å²) >= 11 is 0. The second-order valence-electron chi connectivity index (χ2n) is 5.50. The maximum Gasteiger partial charge on any atom is 0.308 e. The van der Waals surface area contributed by atoms with E-state index in [0.29, 0.717) is 0 Å². The molecule has 2 N–H and O–H groups in total.